The first-order valence-corrected chi connectivity index (χ1v) is 6.69. The fraction of sp³-hybridized carbons (Fsp3) is 0. The molecule has 5 heteroatoms. The van der Waals surface area contributed by atoms with Gasteiger partial charge in [0.15, 0.2) is 0 Å². The Balaban J connectivity index is 2.00. The smallest absolute Gasteiger partial charge is 0.125 e. The van der Waals surface area contributed by atoms with Gasteiger partial charge in [-0.2, -0.15) is 5.26 Å². The summed E-state index contributed by atoms with van der Waals surface area (Å²) in [6.07, 6.45) is 3.46. The van der Waals surface area contributed by atoms with Gasteiger partial charge in [-0.1, -0.05) is 0 Å². The SMILES string of the molecule is N#Cc1cc(F)cc2c(-c3ccc4ncccc4n3)c[nH]c12. The van der Waals surface area contributed by atoms with Crippen LogP contribution in [0.1, 0.15) is 5.56 Å². The molecule has 0 saturated carbocycles. The molecule has 3 heterocycles. The Morgan fingerprint density at radius 3 is 2.91 bits per heavy atom. The van der Waals surface area contributed by atoms with Gasteiger partial charge in [0.05, 0.1) is 27.8 Å². The Morgan fingerprint density at radius 1 is 1.14 bits per heavy atom. The molecule has 1 aromatic carbocycles. The number of benzene rings is 1. The van der Waals surface area contributed by atoms with Gasteiger partial charge in [0.2, 0.25) is 0 Å². The minimum Gasteiger partial charge on any atom is -0.359 e. The first-order chi connectivity index (χ1) is 10.8. The van der Waals surface area contributed by atoms with Crippen molar-refractivity contribution >= 4 is 21.9 Å². The van der Waals surface area contributed by atoms with Crippen LogP contribution in [0.5, 0.6) is 0 Å². The van der Waals surface area contributed by atoms with E-state index in [4.69, 9.17) is 5.26 Å². The Hall–Kier alpha value is -3.26. The summed E-state index contributed by atoms with van der Waals surface area (Å²) < 4.78 is 13.7. The van der Waals surface area contributed by atoms with Gasteiger partial charge < -0.3 is 4.98 Å². The van der Waals surface area contributed by atoms with Gasteiger partial charge in [-0.3, -0.25) is 4.98 Å². The predicted octanol–water partition coefficient (Wildman–Crippen LogP) is 3.79. The number of hydrogen-bond acceptors (Lipinski definition) is 3. The highest BCUT2D eigenvalue weighted by molar-refractivity contribution is 5.98. The first kappa shape index (κ1) is 12.5. The van der Waals surface area contributed by atoms with Crippen LogP contribution in [0, 0.1) is 17.1 Å². The first-order valence-electron chi connectivity index (χ1n) is 6.69. The molecule has 104 valence electrons. The number of nitrogens with one attached hydrogen (secondary N) is 1. The molecule has 3 aromatic heterocycles. The van der Waals surface area contributed by atoms with Gasteiger partial charge in [-0.05, 0) is 36.4 Å². The monoisotopic (exact) mass is 288 g/mol. The minimum atomic E-state index is -0.438. The van der Waals surface area contributed by atoms with Crippen LogP contribution in [0.4, 0.5) is 4.39 Å². The number of fused-ring (bicyclic) bond motifs is 2. The van der Waals surface area contributed by atoms with Gasteiger partial charge >= 0.3 is 0 Å². The number of hydrogen-bond donors (Lipinski definition) is 1. The molecule has 4 rings (SSSR count). The largest absolute Gasteiger partial charge is 0.359 e. The number of aromatic amines is 1. The number of rotatable bonds is 1. The van der Waals surface area contributed by atoms with E-state index in [0.29, 0.717) is 16.6 Å². The third kappa shape index (κ3) is 1.82. The molecule has 0 bridgehead atoms. The van der Waals surface area contributed by atoms with E-state index in [1.807, 2.05) is 30.3 Å². The Morgan fingerprint density at radius 2 is 2.05 bits per heavy atom. The highest BCUT2D eigenvalue weighted by Crippen LogP contribution is 2.30. The maximum Gasteiger partial charge on any atom is 0.125 e. The number of halogens is 1. The van der Waals surface area contributed by atoms with Gasteiger partial charge in [0.25, 0.3) is 0 Å². The molecule has 0 fully saturated rings. The fourth-order valence-electron chi connectivity index (χ4n) is 2.60. The molecule has 0 radical (unpaired) electrons. The predicted molar refractivity (Wildman–Crippen MR) is 81.5 cm³/mol. The summed E-state index contributed by atoms with van der Waals surface area (Å²) in [5, 5.41) is 9.77. The van der Waals surface area contributed by atoms with E-state index < -0.39 is 5.82 Å². The molecular weight excluding hydrogens is 279 g/mol. The van der Waals surface area contributed by atoms with Gasteiger partial charge in [0, 0.05) is 23.3 Å². The maximum atomic E-state index is 13.7. The molecule has 0 aliphatic heterocycles. The zero-order valence-electron chi connectivity index (χ0n) is 11.3. The lowest BCUT2D eigenvalue weighted by atomic mass is 10.1. The number of nitrogens with zero attached hydrogens (tertiary/aromatic N) is 3. The second-order valence-corrected chi connectivity index (χ2v) is 4.93. The molecule has 0 atom stereocenters. The van der Waals surface area contributed by atoms with Crippen molar-refractivity contribution in [3.8, 4) is 17.3 Å². The molecule has 0 amide bonds. The van der Waals surface area contributed by atoms with Crippen LogP contribution in [0.25, 0.3) is 33.2 Å². The molecular formula is C17H9FN4. The highest BCUT2D eigenvalue weighted by Gasteiger charge is 2.12. The van der Waals surface area contributed by atoms with Crippen LogP contribution < -0.4 is 0 Å². The lowest BCUT2D eigenvalue weighted by Crippen LogP contribution is -1.87. The van der Waals surface area contributed by atoms with Crippen LogP contribution in [0.15, 0.2) is 48.8 Å². The van der Waals surface area contributed by atoms with E-state index in [1.54, 1.807) is 12.4 Å². The van der Waals surface area contributed by atoms with Crippen molar-refractivity contribution in [2.75, 3.05) is 0 Å². The Kier molecular flexibility index (Phi) is 2.63. The van der Waals surface area contributed by atoms with Gasteiger partial charge in [-0.25, -0.2) is 9.37 Å². The summed E-state index contributed by atoms with van der Waals surface area (Å²) in [5.41, 5.74) is 3.94. The lowest BCUT2D eigenvalue weighted by molar-refractivity contribution is 0.629. The zero-order valence-corrected chi connectivity index (χ0v) is 11.3. The second kappa shape index (κ2) is 4.64. The molecule has 0 aliphatic carbocycles. The number of nitriles is 1. The van der Waals surface area contributed by atoms with Gasteiger partial charge in [-0.15, -0.1) is 0 Å². The summed E-state index contributed by atoms with van der Waals surface area (Å²) in [6.45, 7) is 0. The standard InChI is InChI=1S/C17H9FN4/c18-11-6-10(8-19)17-12(7-11)13(9-21-17)14-3-4-15-16(22-14)2-1-5-20-15/h1-7,9,21H. The zero-order chi connectivity index (χ0) is 15.1. The Labute approximate surface area is 124 Å². The van der Waals surface area contributed by atoms with Crippen molar-refractivity contribution in [2.24, 2.45) is 0 Å². The normalized spacial score (nSPS) is 10.9. The molecule has 0 unspecified atom stereocenters. The number of pyridine rings is 2. The van der Waals surface area contributed by atoms with Crippen molar-refractivity contribution in [2.45, 2.75) is 0 Å². The summed E-state index contributed by atoms with van der Waals surface area (Å²) in [6, 6.07) is 12.1. The van der Waals surface area contributed by atoms with E-state index in [0.717, 1.165) is 16.6 Å². The molecule has 4 nitrogen and oxygen atoms in total. The number of aromatic nitrogens is 3. The molecule has 0 saturated heterocycles. The lowest BCUT2D eigenvalue weighted by Gasteiger charge is -2.02. The molecule has 0 spiro atoms. The van der Waals surface area contributed by atoms with E-state index in [9.17, 15) is 4.39 Å². The summed E-state index contributed by atoms with van der Waals surface area (Å²) in [5.74, 6) is -0.438. The van der Waals surface area contributed by atoms with Crippen molar-refractivity contribution in [3.63, 3.8) is 0 Å². The van der Waals surface area contributed by atoms with Crippen LogP contribution in [0.3, 0.4) is 0 Å². The third-order valence-corrected chi connectivity index (χ3v) is 3.61. The molecule has 1 N–H and O–H groups in total. The molecule has 0 aliphatic rings. The van der Waals surface area contributed by atoms with Crippen molar-refractivity contribution in [1.82, 2.24) is 15.0 Å². The summed E-state index contributed by atoms with van der Waals surface area (Å²) in [7, 11) is 0. The average molecular weight is 288 g/mol. The molecule has 22 heavy (non-hydrogen) atoms. The quantitative estimate of drug-likeness (QED) is 0.579. The van der Waals surface area contributed by atoms with Crippen LogP contribution >= 0.6 is 0 Å². The Bertz CT molecular complexity index is 1060. The van der Waals surface area contributed by atoms with Crippen molar-refractivity contribution < 1.29 is 4.39 Å². The van der Waals surface area contributed by atoms with Crippen LogP contribution in [-0.4, -0.2) is 15.0 Å². The van der Waals surface area contributed by atoms with E-state index in [-0.39, 0.29) is 5.56 Å². The fourth-order valence-corrected chi connectivity index (χ4v) is 2.60. The summed E-state index contributed by atoms with van der Waals surface area (Å²) in [4.78, 5) is 11.8. The topological polar surface area (TPSA) is 65.4 Å². The van der Waals surface area contributed by atoms with Crippen LogP contribution in [-0.2, 0) is 0 Å². The molecule has 4 aromatic rings. The van der Waals surface area contributed by atoms with Gasteiger partial charge in [0.1, 0.15) is 11.9 Å². The highest BCUT2D eigenvalue weighted by atomic mass is 19.1. The second-order valence-electron chi connectivity index (χ2n) is 4.93. The van der Waals surface area contributed by atoms with E-state index in [2.05, 4.69) is 15.0 Å². The van der Waals surface area contributed by atoms with Crippen LogP contribution in [0.2, 0.25) is 0 Å². The maximum absolute atomic E-state index is 13.7. The average Bonchev–Trinajstić information content (AvgIpc) is 2.97. The van der Waals surface area contributed by atoms with E-state index in [1.165, 1.54) is 12.1 Å². The van der Waals surface area contributed by atoms with E-state index >= 15 is 0 Å². The minimum absolute atomic E-state index is 0.281. The third-order valence-electron chi connectivity index (χ3n) is 3.61. The van der Waals surface area contributed by atoms with Crippen molar-refractivity contribution in [1.29, 1.82) is 5.26 Å². The van der Waals surface area contributed by atoms with Crippen molar-refractivity contribution in [3.05, 3.63) is 60.2 Å². The number of H-pyrrole nitrogens is 1. The summed E-state index contributed by atoms with van der Waals surface area (Å²) >= 11 is 0.